The second-order valence-corrected chi connectivity index (χ2v) is 6.09. The van der Waals surface area contributed by atoms with Crippen molar-refractivity contribution in [3.8, 4) is 0 Å². The molecule has 0 spiro atoms. The van der Waals surface area contributed by atoms with E-state index in [1.807, 2.05) is 36.4 Å². The number of furan rings is 1. The zero-order chi connectivity index (χ0) is 16.1. The van der Waals surface area contributed by atoms with Crippen LogP contribution in [0.3, 0.4) is 0 Å². The molecule has 3 rings (SSSR count). The molecule has 0 fully saturated rings. The molecular formula is C16H16N4O2S. The van der Waals surface area contributed by atoms with Crippen molar-refractivity contribution in [1.82, 2.24) is 15.1 Å². The van der Waals surface area contributed by atoms with Crippen LogP contribution in [0.25, 0.3) is 0 Å². The molecule has 0 saturated heterocycles. The SMILES string of the molecule is CN(Cc1ccco1)C(=O)Nc1nnc(Cc2ccccc2)s1. The fourth-order valence-corrected chi connectivity index (χ4v) is 2.80. The third-order valence-corrected chi connectivity index (χ3v) is 4.04. The Morgan fingerprint density at radius 3 is 2.78 bits per heavy atom. The number of hydrogen-bond acceptors (Lipinski definition) is 5. The molecule has 0 unspecified atom stereocenters. The molecule has 2 heterocycles. The van der Waals surface area contributed by atoms with Crippen LogP contribution >= 0.6 is 11.3 Å². The topological polar surface area (TPSA) is 71.3 Å². The molecule has 2 amide bonds. The standard InChI is InChI=1S/C16H16N4O2S/c1-20(11-13-8-5-9-22-13)16(21)17-15-19-18-14(23-15)10-12-6-3-2-4-7-12/h2-9H,10-11H2,1H3,(H,17,19,21). The van der Waals surface area contributed by atoms with Crippen molar-refractivity contribution in [2.45, 2.75) is 13.0 Å². The van der Waals surface area contributed by atoms with Gasteiger partial charge in [-0.15, -0.1) is 10.2 Å². The van der Waals surface area contributed by atoms with Gasteiger partial charge in [-0.1, -0.05) is 41.7 Å². The Morgan fingerprint density at radius 2 is 2.04 bits per heavy atom. The molecule has 0 saturated carbocycles. The van der Waals surface area contributed by atoms with Crippen molar-refractivity contribution >= 4 is 22.5 Å². The van der Waals surface area contributed by atoms with E-state index in [-0.39, 0.29) is 6.03 Å². The lowest BCUT2D eigenvalue weighted by atomic mass is 10.2. The Balaban J connectivity index is 1.57. The maximum atomic E-state index is 12.1. The molecule has 3 aromatic rings. The molecule has 0 bridgehead atoms. The monoisotopic (exact) mass is 328 g/mol. The van der Waals surface area contributed by atoms with E-state index in [0.29, 0.717) is 18.1 Å². The predicted molar refractivity (Wildman–Crippen MR) is 88.4 cm³/mol. The summed E-state index contributed by atoms with van der Waals surface area (Å²) in [6, 6.07) is 13.4. The van der Waals surface area contributed by atoms with Crippen LogP contribution in [0.15, 0.2) is 53.1 Å². The molecule has 118 valence electrons. The average Bonchev–Trinajstić information content (AvgIpc) is 3.20. The van der Waals surface area contributed by atoms with Crippen molar-refractivity contribution in [3.63, 3.8) is 0 Å². The van der Waals surface area contributed by atoms with Crippen molar-refractivity contribution in [1.29, 1.82) is 0 Å². The Bertz CT molecular complexity index is 756. The lowest BCUT2D eigenvalue weighted by molar-refractivity contribution is 0.216. The zero-order valence-corrected chi connectivity index (χ0v) is 13.4. The van der Waals surface area contributed by atoms with Crippen molar-refractivity contribution in [2.24, 2.45) is 0 Å². The number of carbonyl (C=O) groups excluding carboxylic acids is 1. The molecule has 6 nitrogen and oxygen atoms in total. The minimum Gasteiger partial charge on any atom is -0.467 e. The lowest BCUT2D eigenvalue weighted by Crippen LogP contribution is -2.30. The van der Waals surface area contributed by atoms with Crippen molar-refractivity contribution < 1.29 is 9.21 Å². The molecule has 1 N–H and O–H groups in total. The van der Waals surface area contributed by atoms with Crippen molar-refractivity contribution in [3.05, 3.63) is 65.1 Å². The fourth-order valence-electron chi connectivity index (χ4n) is 2.04. The van der Waals surface area contributed by atoms with Gasteiger partial charge in [0.05, 0.1) is 12.8 Å². The Hall–Kier alpha value is -2.67. The summed E-state index contributed by atoms with van der Waals surface area (Å²) in [6.45, 7) is 0.397. The van der Waals surface area contributed by atoms with E-state index in [4.69, 9.17) is 4.42 Å². The van der Waals surface area contributed by atoms with Gasteiger partial charge in [0.2, 0.25) is 5.13 Å². The summed E-state index contributed by atoms with van der Waals surface area (Å²) >= 11 is 1.38. The summed E-state index contributed by atoms with van der Waals surface area (Å²) in [5.74, 6) is 0.727. The van der Waals surface area contributed by atoms with E-state index in [2.05, 4.69) is 15.5 Å². The number of urea groups is 1. The number of anilines is 1. The largest absolute Gasteiger partial charge is 0.467 e. The van der Waals surface area contributed by atoms with Gasteiger partial charge in [-0.25, -0.2) is 4.79 Å². The van der Waals surface area contributed by atoms with Crippen LogP contribution in [-0.2, 0) is 13.0 Å². The van der Waals surface area contributed by atoms with Crippen molar-refractivity contribution in [2.75, 3.05) is 12.4 Å². The first-order valence-corrected chi connectivity index (χ1v) is 7.93. The molecule has 2 aromatic heterocycles. The quantitative estimate of drug-likeness (QED) is 0.779. The number of benzene rings is 1. The Labute approximate surface area is 137 Å². The molecule has 0 aliphatic carbocycles. The summed E-state index contributed by atoms with van der Waals surface area (Å²) < 4.78 is 5.23. The maximum absolute atomic E-state index is 12.1. The van der Waals surface area contributed by atoms with E-state index in [9.17, 15) is 4.79 Å². The highest BCUT2D eigenvalue weighted by molar-refractivity contribution is 7.15. The van der Waals surface area contributed by atoms with Crippen LogP contribution in [0.2, 0.25) is 0 Å². The summed E-state index contributed by atoms with van der Waals surface area (Å²) in [4.78, 5) is 13.6. The van der Waals surface area contributed by atoms with Gasteiger partial charge in [0.1, 0.15) is 10.8 Å². The number of hydrogen-bond donors (Lipinski definition) is 1. The minimum absolute atomic E-state index is 0.246. The maximum Gasteiger partial charge on any atom is 0.323 e. The third kappa shape index (κ3) is 4.17. The Morgan fingerprint density at radius 1 is 1.22 bits per heavy atom. The van der Waals surface area contributed by atoms with Gasteiger partial charge in [0.25, 0.3) is 0 Å². The normalized spacial score (nSPS) is 10.5. The molecule has 1 aromatic carbocycles. The van der Waals surface area contributed by atoms with E-state index >= 15 is 0 Å². The van der Waals surface area contributed by atoms with Crippen LogP contribution in [0.4, 0.5) is 9.93 Å². The average molecular weight is 328 g/mol. The highest BCUT2D eigenvalue weighted by Crippen LogP contribution is 2.19. The number of nitrogens with zero attached hydrogens (tertiary/aromatic N) is 3. The van der Waals surface area contributed by atoms with E-state index in [0.717, 1.165) is 16.3 Å². The first-order chi connectivity index (χ1) is 11.2. The molecule has 23 heavy (non-hydrogen) atoms. The molecule has 0 atom stereocenters. The van der Waals surface area contributed by atoms with Gasteiger partial charge < -0.3 is 9.32 Å². The van der Waals surface area contributed by atoms with E-state index in [1.54, 1.807) is 19.4 Å². The van der Waals surface area contributed by atoms with Crippen LogP contribution in [0.5, 0.6) is 0 Å². The fraction of sp³-hybridized carbons (Fsp3) is 0.188. The predicted octanol–water partition coefficient (Wildman–Crippen LogP) is 3.39. The summed E-state index contributed by atoms with van der Waals surface area (Å²) in [7, 11) is 1.70. The second-order valence-electron chi connectivity index (χ2n) is 5.03. The van der Waals surface area contributed by atoms with Gasteiger partial charge in [0, 0.05) is 13.5 Å². The van der Waals surface area contributed by atoms with Crippen LogP contribution < -0.4 is 5.32 Å². The van der Waals surface area contributed by atoms with Crippen LogP contribution in [0, 0.1) is 0 Å². The van der Waals surface area contributed by atoms with Crippen LogP contribution in [-0.4, -0.2) is 28.2 Å². The van der Waals surface area contributed by atoms with E-state index < -0.39 is 0 Å². The van der Waals surface area contributed by atoms with Gasteiger partial charge >= 0.3 is 6.03 Å². The number of carbonyl (C=O) groups is 1. The van der Waals surface area contributed by atoms with Gasteiger partial charge in [0.15, 0.2) is 0 Å². The first kappa shape index (κ1) is 15.2. The van der Waals surface area contributed by atoms with Crippen LogP contribution in [0.1, 0.15) is 16.3 Å². The van der Waals surface area contributed by atoms with Gasteiger partial charge in [-0.3, -0.25) is 5.32 Å². The minimum atomic E-state index is -0.246. The molecule has 0 aliphatic heterocycles. The number of rotatable bonds is 5. The second kappa shape index (κ2) is 7.06. The number of nitrogens with one attached hydrogen (secondary N) is 1. The Kier molecular flexibility index (Phi) is 4.68. The molecule has 0 aliphatic rings. The first-order valence-electron chi connectivity index (χ1n) is 7.11. The molecule has 0 radical (unpaired) electrons. The zero-order valence-electron chi connectivity index (χ0n) is 12.6. The van der Waals surface area contributed by atoms with E-state index in [1.165, 1.54) is 16.2 Å². The summed E-state index contributed by atoms with van der Waals surface area (Å²) in [6.07, 6.45) is 2.29. The van der Waals surface area contributed by atoms with Gasteiger partial charge in [-0.2, -0.15) is 0 Å². The number of aromatic nitrogens is 2. The third-order valence-electron chi connectivity index (χ3n) is 3.20. The summed E-state index contributed by atoms with van der Waals surface area (Å²) in [5, 5.41) is 12.2. The lowest BCUT2D eigenvalue weighted by Gasteiger charge is -2.14. The van der Waals surface area contributed by atoms with Gasteiger partial charge in [-0.05, 0) is 17.7 Å². The number of amides is 2. The highest BCUT2D eigenvalue weighted by Gasteiger charge is 2.13. The molecule has 7 heteroatoms. The summed E-state index contributed by atoms with van der Waals surface area (Å²) in [5.41, 5.74) is 1.16. The smallest absolute Gasteiger partial charge is 0.323 e. The highest BCUT2D eigenvalue weighted by atomic mass is 32.1. The molecular weight excluding hydrogens is 312 g/mol.